The summed E-state index contributed by atoms with van der Waals surface area (Å²) in [6.45, 7) is 6.97. The Labute approximate surface area is 312 Å². The number of aromatic carboxylic acids is 1. The molecule has 0 radical (unpaired) electrons. The van der Waals surface area contributed by atoms with Crippen molar-refractivity contribution in [3.05, 3.63) is 135 Å². The van der Waals surface area contributed by atoms with E-state index in [2.05, 4.69) is 36.8 Å². The first kappa shape index (κ1) is 43.9. The number of hydrogen-bond donors (Lipinski definition) is 3. The van der Waals surface area contributed by atoms with E-state index < -0.39 is 21.8 Å². The Morgan fingerprint density at radius 1 is 0.596 bits per heavy atom. The van der Waals surface area contributed by atoms with Crippen LogP contribution in [0.1, 0.15) is 63.7 Å². The van der Waals surface area contributed by atoms with Gasteiger partial charge in [-0.1, -0.05) is 18.2 Å². The van der Waals surface area contributed by atoms with Crippen LogP contribution in [0.2, 0.25) is 0 Å². The number of non-ortho nitro benzene ring substituents is 2. The summed E-state index contributed by atoms with van der Waals surface area (Å²) >= 11 is 2.13. The summed E-state index contributed by atoms with van der Waals surface area (Å²) in [4.78, 5) is 63.6. The molecule has 0 atom stereocenters. The first-order valence-electron chi connectivity index (χ1n) is 14.7. The number of carboxylic acid groups (broad SMARTS) is 1. The van der Waals surface area contributed by atoms with E-state index in [1.165, 1.54) is 51.7 Å². The van der Waals surface area contributed by atoms with Crippen LogP contribution in [0.5, 0.6) is 0 Å². The summed E-state index contributed by atoms with van der Waals surface area (Å²) in [7, 11) is 3.95. The molecule has 276 valence electrons. The van der Waals surface area contributed by atoms with Crippen molar-refractivity contribution in [2.75, 3.05) is 32.8 Å². The van der Waals surface area contributed by atoms with E-state index in [4.69, 9.17) is 16.6 Å². The molecule has 16 nitrogen and oxygen atoms in total. The zero-order chi connectivity index (χ0) is 39.9. The Hall–Kier alpha value is -6.11. The van der Waals surface area contributed by atoms with Gasteiger partial charge >= 0.3 is 23.9 Å². The van der Waals surface area contributed by atoms with Gasteiger partial charge in [-0.05, 0) is 96.8 Å². The molecule has 0 saturated heterocycles. The quantitative estimate of drug-likeness (QED) is 0.0461. The van der Waals surface area contributed by atoms with E-state index in [0.717, 1.165) is 20.8 Å². The Morgan fingerprint density at radius 3 is 1.37 bits per heavy atom. The number of anilines is 2. The summed E-state index contributed by atoms with van der Waals surface area (Å²) in [5, 5.41) is 29.4. The predicted molar refractivity (Wildman–Crippen MR) is 201 cm³/mol. The molecule has 0 aliphatic rings. The first-order chi connectivity index (χ1) is 24.3. The fraction of sp³-hybridized carbons (Fsp3) is 0.200. The highest BCUT2D eigenvalue weighted by Crippen LogP contribution is 2.21. The van der Waals surface area contributed by atoms with E-state index in [-0.39, 0.29) is 34.4 Å². The standard InChI is InChI=1S/C9H10INO2.C9H9NO4.C9H11NO2.C8H7NO4/c1-5-3-7(10)8(11)4-6(5)9(12)13-2;1-6-3-4-7(10(12)13)5-8(6)9(11)14-2;1-6-3-4-7(10)5-8(6)9(11)12-2;1-5-2-3-6(9(12)13)4-7(5)8(10)11/h3-4H,11H2,1-2H3;3-5H,1-2H3;3-5H,10H2,1-2H3;2-4H,1H3,(H,10,11). The third-order valence-corrected chi connectivity index (χ3v) is 7.85. The third kappa shape index (κ3) is 13.0. The van der Waals surface area contributed by atoms with Crippen molar-refractivity contribution in [2.24, 2.45) is 0 Å². The minimum Gasteiger partial charge on any atom is -0.478 e. The monoisotopic (exact) mass is 832 g/mol. The van der Waals surface area contributed by atoms with E-state index in [0.29, 0.717) is 33.6 Å². The molecule has 4 aromatic rings. The van der Waals surface area contributed by atoms with Crippen LogP contribution in [0.3, 0.4) is 0 Å². The molecule has 0 fully saturated rings. The molecule has 0 unspecified atom stereocenters. The summed E-state index contributed by atoms with van der Waals surface area (Å²) < 4.78 is 14.6. The lowest BCUT2D eigenvalue weighted by molar-refractivity contribution is -0.385. The second-order valence-electron chi connectivity index (χ2n) is 10.6. The Morgan fingerprint density at radius 2 is 0.962 bits per heavy atom. The number of nitrogen functional groups attached to an aromatic ring is 2. The molecular formula is C35H37IN4O12. The fourth-order valence-corrected chi connectivity index (χ4v) is 4.62. The molecule has 5 N–H and O–H groups in total. The largest absolute Gasteiger partial charge is 0.478 e. The van der Waals surface area contributed by atoms with Crippen molar-refractivity contribution in [1.82, 2.24) is 0 Å². The van der Waals surface area contributed by atoms with Gasteiger partial charge in [0.15, 0.2) is 0 Å². The number of halogens is 1. The maximum Gasteiger partial charge on any atom is 0.338 e. The van der Waals surface area contributed by atoms with Crippen LogP contribution < -0.4 is 11.5 Å². The summed E-state index contributed by atoms with van der Waals surface area (Å²) in [6, 6.07) is 16.5. The maximum atomic E-state index is 11.2. The van der Waals surface area contributed by atoms with Gasteiger partial charge in [0.25, 0.3) is 11.4 Å². The van der Waals surface area contributed by atoms with Crippen LogP contribution in [0.15, 0.2) is 66.7 Å². The summed E-state index contributed by atoms with van der Waals surface area (Å²) in [6.07, 6.45) is 0. The first-order valence-corrected chi connectivity index (χ1v) is 15.8. The number of hydrogen-bond acceptors (Lipinski definition) is 13. The van der Waals surface area contributed by atoms with Gasteiger partial charge in [0.1, 0.15) is 0 Å². The number of aryl methyl sites for hydroxylation is 4. The van der Waals surface area contributed by atoms with Crippen LogP contribution in [-0.4, -0.2) is 60.2 Å². The number of esters is 3. The topological polar surface area (TPSA) is 255 Å². The molecule has 52 heavy (non-hydrogen) atoms. The summed E-state index contributed by atoms with van der Waals surface area (Å²) in [5.41, 5.74) is 16.2. The van der Waals surface area contributed by atoms with Gasteiger partial charge < -0.3 is 30.8 Å². The molecule has 0 saturated carbocycles. The lowest BCUT2D eigenvalue weighted by Crippen LogP contribution is -2.05. The van der Waals surface area contributed by atoms with Gasteiger partial charge in [0, 0.05) is 39.2 Å². The number of carbonyl (C=O) groups excluding carboxylic acids is 3. The Balaban J connectivity index is 0.000000347. The number of benzene rings is 4. The average molecular weight is 833 g/mol. The van der Waals surface area contributed by atoms with Gasteiger partial charge in [0.05, 0.1) is 53.4 Å². The smallest absolute Gasteiger partial charge is 0.338 e. The molecule has 0 aliphatic carbocycles. The van der Waals surface area contributed by atoms with E-state index in [9.17, 15) is 39.4 Å². The normalized spacial score (nSPS) is 9.62. The highest BCUT2D eigenvalue weighted by Gasteiger charge is 2.15. The van der Waals surface area contributed by atoms with Gasteiger partial charge in [0.2, 0.25) is 0 Å². The number of carboxylic acids is 1. The van der Waals surface area contributed by atoms with Crippen LogP contribution in [0.4, 0.5) is 22.7 Å². The fourth-order valence-electron chi connectivity index (χ4n) is 4.00. The SMILES string of the molecule is COC(=O)c1cc(N)c(I)cc1C.COC(=O)c1cc(N)ccc1C.COC(=O)c1cc([N+](=O)[O-])ccc1C.Cc1ccc([N+](=O)[O-])cc1C(=O)O. The van der Waals surface area contributed by atoms with Gasteiger partial charge in [-0.3, -0.25) is 20.2 Å². The van der Waals surface area contributed by atoms with Crippen molar-refractivity contribution in [1.29, 1.82) is 0 Å². The Kier molecular flexibility index (Phi) is 17.3. The van der Waals surface area contributed by atoms with E-state index in [1.54, 1.807) is 38.1 Å². The zero-order valence-electron chi connectivity index (χ0n) is 29.2. The van der Waals surface area contributed by atoms with Crippen molar-refractivity contribution < 1.29 is 48.3 Å². The molecular weight excluding hydrogens is 795 g/mol. The third-order valence-electron chi connectivity index (χ3n) is 6.92. The molecule has 0 aromatic heterocycles. The molecule has 17 heteroatoms. The lowest BCUT2D eigenvalue weighted by Gasteiger charge is -2.06. The second kappa shape index (κ2) is 20.5. The zero-order valence-corrected chi connectivity index (χ0v) is 31.4. The highest BCUT2D eigenvalue weighted by molar-refractivity contribution is 14.1. The Bertz CT molecular complexity index is 1980. The highest BCUT2D eigenvalue weighted by atomic mass is 127. The number of rotatable bonds is 6. The molecule has 0 bridgehead atoms. The van der Waals surface area contributed by atoms with Crippen LogP contribution >= 0.6 is 22.6 Å². The molecule has 4 rings (SSSR count). The van der Waals surface area contributed by atoms with E-state index >= 15 is 0 Å². The number of methoxy groups -OCH3 is 3. The molecule has 0 amide bonds. The minimum atomic E-state index is -1.15. The summed E-state index contributed by atoms with van der Waals surface area (Å²) in [5.74, 6) is -2.41. The van der Waals surface area contributed by atoms with Crippen LogP contribution in [0, 0.1) is 51.5 Å². The van der Waals surface area contributed by atoms with Crippen LogP contribution in [0.25, 0.3) is 0 Å². The number of nitro benzene ring substituents is 2. The molecule has 0 heterocycles. The minimum absolute atomic E-state index is 0.0331. The number of ether oxygens (including phenoxy) is 3. The predicted octanol–water partition coefficient (Wildman–Crippen LogP) is 6.62. The van der Waals surface area contributed by atoms with Crippen LogP contribution in [-0.2, 0) is 14.2 Å². The van der Waals surface area contributed by atoms with Crippen molar-refractivity contribution in [3.8, 4) is 0 Å². The maximum absolute atomic E-state index is 11.2. The van der Waals surface area contributed by atoms with Crippen molar-refractivity contribution in [2.45, 2.75) is 27.7 Å². The molecule has 4 aromatic carbocycles. The molecule has 0 spiro atoms. The second-order valence-corrected chi connectivity index (χ2v) is 11.7. The number of nitrogens with two attached hydrogens (primary N) is 2. The number of nitro groups is 2. The van der Waals surface area contributed by atoms with Gasteiger partial charge in [-0.25, -0.2) is 19.2 Å². The van der Waals surface area contributed by atoms with Gasteiger partial charge in [-0.2, -0.15) is 0 Å². The van der Waals surface area contributed by atoms with Crippen molar-refractivity contribution in [3.63, 3.8) is 0 Å². The van der Waals surface area contributed by atoms with E-state index in [1.807, 2.05) is 19.9 Å². The molecule has 0 aliphatic heterocycles. The number of carbonyl (C=O) groups is 4. The van der Waals surface area contributed by atoms with Gasteiger partial charge in [-0.15, -0.1) is 0 Å². The van der Waals surface area contributed by atoms with Crippen molar-refractivity contribution >= 4 is 69.2 Å². The lowest BCUT2D eigenvalue weighted by atomic mass is 10.1. The average Bonchev–Trinajstić information content (AvgIpc) is 3.10. The number of nitrogens with zero attached hydrogens (tertiary/aromatic N) is 2.